The van der Waals surface area contributed by atoms with Gasteiger partial charge >= 0.3 is 0 Å². The first-order valence-electron chi connectivity index (χ1n) is 5.37. The van der Waals surface area contributed by atoms with Gasteiger partial charge in [0.25, 0.3) is 0 Å². The Balaban J connectivity index is 2.07. The van der Waals surface area contributed by atoms with E-state index in [1.54, 1.807) is 16.8 Å². The van der Waals surface area contributed by atoms with Crippen molar-refractivity contribution in [2.45, 2.75) is 13.0 Å². The molecule has 16 heavy (non-hydrogen) atoms. The Morgan fingerprint density at radius 1 is 1.31 bits per heavy atom. The van der Waals surface area contributed by atoms with E-state index >= 15 is 0 Å². The zero-order chi connectivity index (χ0) is 11.0. The van der Waals surface area contributed by atoms with Crippen LogP contribution >= 0.6 is 0 Å². The van der Waals surface area contributed by atoms with Crippen LogP contribution in [-0.4, -0.2) is 16.3 Å². The lowest BCUT2D eigenvalue weighted by atomic mass is 10.1. The number of halogens is 1. The van der Waals surface area contributed by atoms with E-state index < -0.39 is 0 Å². The Bertz CT molecular complexity index is 495. The van der Waals surface area contributed by atoms with Gasteiger partial charge in [0.2, 0.25) is 0 Å². The molecule has 2 heterocycles. The number of nitrogens with zero attached hydrogens (tertiary/aromatic N) is 2. The average molecular weight is 217 g/mol. The molecule has 0 radical (unpaired) electrons. The van der Waals surface area contributed by atoms with E-state index in [0.717, 1.165) is 30.8 Å². The van der Waals surface area contributed by atoms with Gasteiger partial charge < -0.3 is 5.32 Å². The number of rotatable bonds is 1. The molecule has 82 valence electrons. The fourth-order valence-corrected chi connectivity index (χ4v) is 1.99. The lowest BCUT2D eigenvalue weighted by Gasteiger charge is -2.09. The maximum Gasteiger partial charge on any atom is 0.148 e. The normalized spacial score (nSPS) is 14.8. The van der Waals surface area contributed by atoms with Crippen molar-refractivity contribution in [3.63, 3.8) is 0 Å². The number of hydrogen-bond acceptors (Lipinski definition) is 2. The number of aromatic nitrogens is 2. The summed E-state index contributed by atoms with van der Waals surface area (Å²) in [7, 11) is 0. The molecule has 0 spiro atoms. The minimum absolute atomic E-state index is 0.240. The molecule has 2 aromatic rings. The molecule has 4 heteroatoms. The molecular weight excluding hydrogens is 205 g/mol. The number of hydrogen-bond donors (Lipinski definition) is 1. The lowest BCUT2D eigenvalue weighted by Crippen LogP contribution is -2.22. The molecule has 0 saturated carbocycles. The summed E-state index contributed by atoms with van der Waals surface area (Å²) < 4.78 is 15.2. The van der Waals surface area contributed by atoms with E-state index in [1.807, 2.05) is 12.3 Å². The van der Waals surface area contributed by atoms with E-state index in [1.165, 1.54) is 6.07 Å². The lowest BCUT2D eigenvalue weighted by molar-refractivity contribution is 0.608. The van der Waals surface area contributed by atoms with Crippen LogP contribution in [0.25, 0.3) is 5.69 Å². The maximum atomic E-state index is 13.6. The average Bonchev–Trinajstić information content (AvgIpc) is 2.73. The van der Waals surface area contributed by atoms with Crippen molar-refractivity contribution in [1.29, 1.82) is 0 Å². The number of para-hydroxylation sites is 1. The zero-order valence-electron chi connectivity index (χ0n) is 8.78. The van der Waals surface area contributed by atoms with Crippen molar-refractivity contribution < 1.29 is 4.39 Å². The Morgan fingerprint density at radius 3 is 3.00 bits per heavy atom. The smallest absolute Gasteiger partial charge is 0.148 e. The molecule has 0 atom stereocenters. The van der Waals surface area contributed by atoms with Crippen molar-refractivity contribution in [3.05, 3.63) is 47.5 Å². The van der Waals surface area contributed by atoms with Gasteiger partial charge in [-0.1, -0.05) is 12.1 Å². The first-order chi connectivity index (χ1) is 7.84. The molecule has 3 nitrogen and oxygen atoms in total. The van der Waals surface area contributed by atoms with Crippen LogP contribution in [0.5, 0.6) is 0 Å². The third-order valence-electron chi connectivity index (χ3n) is 2.83. The topological polar surface area (TPSA) is 29.9 Å². The molecule has 1 aromatic carbocycles. The zero-order valence-corrected chi connectivity index (χ0v) is 8.78. The highest BCUT2D eigenvalue weighted by Crippen LogP contribution is 2.17. The Hall–Kier alpha value is -1.68. The second kappa shape index (κ2) is 3.72. The molecule has 0 unspecified atom stereocenters. The summed E-state index contributed by atoms with van der Waals surface area (Å²) in [6.45, 7) is 1.77. The third kappa shape index (κ3) is 1.51. The van der Waals surface area contributed by atoms with E-state index in [2.05, 4.69) is 10.4 Å². The van der Waals surface area contributed by atoms with Gasteiger partial charge in [-0.25, -0.2) is 9.07 Å². The molecule has 0 fully saturated rings. The summed E-state index contributed by atoms with van der Waals surface area (Å²) >= 11 is 0. The van der Waals surface area contributed by atoms with Crippen molar-refractivity contribution in [3.8, 4) is 5.69 Å². The molecule has 1 aromatic heterocycles. The van der Waals surface area contributed by atoms with Crippen molar-refractivity contribution in [1.82, 2.24) is 15.1 Å². The molecule has 0 saturated heterocycles. The van der Waals surface area contributed by atoms with Gasteiger partial charge in [-0.15, -0.1) is 0 Å². The highest BCUT2D eigenvalue weighted by Gasteiger charge is 2.14. The van der Waals surface area contributed by atoms with Crippen molar-refractivity contribution in [2.75, 3.05) is 6.54 Å². The first-order valence-corrected chi connectivity index (χ1v) is 5.37. The summed E-state index contributed by atoms with van der Waals surface area (Å²) in [5.74, 6) is -0.240. The van der Waals surface area contributed by atoms with Gasteiger partial charge in [0, 0.05) is 31.3 Å². The van der Waals surface area contributed by atoms with E-state index in [0.29, 0.717) is 5.69 Å². The standard InChI is InChI=1S/C12H12FN3/c13-10-3-1-2-4-12(10)16-8-9-7-14-6-5-11(9)15-16/h1-4,8,14H,5-7H2. The molecule has 1 aliphatic heterocycles. The molecule has 3 rings (SSSR count). The molecule has 0 aliphatic carbocycles. The van der Waals surface area contributed by atoms with Crippen LogP contribution in [0, 0.1) is 5.82 Å². The summed E-state index contributed by atoms with van der Waals surface area (Å²) in [5.41, 5.74) is 2.74. The second-order valence-corrected chi connectivity index (χ2v) is 3.92. The first kappa shape index (κ1) is 9.54. The SMILES string of the molecule is Fc1ccccc1-n1cc2c(n1)CCNC2. The van der Waals surface area contributed by atoms with E-state index in [9.17, 15) is 4.39 Å². The van der Waals surface area contributed by atoms with Crippen LogP contribution in [0.2, 0.25) is 0 Å². The Morgan fingerprint density at radius 2 is 2.19 bits per heavy atom. The van der Waals surface area contributed by atoms with Crippen LogP contribution in [0.3, 0.4) is 0 Å². The monoisotopic (exact) mass is 217 g/mol. The number of nitrogens with one attached hydrogen (secondary N) is 1. The van der Waals surface area contributed by atoms with Crippen molar-refractivity contribution >= 4 is 0 Å². The molecule has 1 N–H and O–H groups in total. The Kier molecular flexibility index (Phi) is 2.22. The molecule has 0 amide bonds. The predicted molar refractivity (Wildman–Crippen MR) is 58.9 cm³/mol. The van der Waals surface area contributed by atoms with Crippen LogP contribution in [0.4, 0.5) is 4.39 Å². The predicted octanol–water partition coefficient (Wildman–Crippen LogP) is 1.66. The fraction of sp³-hybridized carbons (Fsp3) is 0.250. The van der Waals surface area contributed by atoms with Crippen LogP contribution in [0.15, 0.2) is 30.5 Å². The highest BCUT2D eigenvalue weighted by molar-refractivity contribution is 5.34. The van der Waals surface area contributed by atoms with Crippen LogP contribution in [0.1, 0.15) is 11.3 Å². The van der Waals surface area contributed by atoms with Crippen LogP contribution in [-0.2, 0) is 13.0 Å². The van der Waals surface area contributed by atoms with Gasteiger partial charge in [0.05, 0.1) is 5.69 Å². The minimum atomic E-state index is -0.240. The van der Waals surface area contributed by atoms with Gasteiger partial charge in [0.1, 0.15) is 11.5 Å². The molecule has 1 aliphatic rings. The molecular formula is C12H12FN3. The number of fused-ring (bicyclic) bond motifs is 1. The second-order valence-electron chi connectivity index (χ2n) is 3.92. The number of benzene rings is 1. The summed E-state index contributed by atoms with van der Waals surface area (Å²) in [6, 6.07) is 6.69. The Labute approximate surface area is 92.9 Å². The van der Waals surface area contributed by atoms with E-state index in [4.69, 9.17) is 0 Å². The van der Waals surface area contributed by atoms with Crippen LogP contribution < -0.4 is 5.32 Å². The minimum Gasteiger partial charge on any atom is -0.312 e. The summed E-state index contributed by atoms with van der Waals surface area (Å²) in [6.07, 6.45) is 2.82. The van der Waals surface area contributed by atoms with E-state index in [-0.39, 0.29) is 5.82 Å². The maximum absolute atomic E-state index is 13.6. The largest absolute Gasteiger partial charge is 0.312 e. The highest BCUT2D eigenvalue weighted by atomic mass is 19.1. The quantitative estimate of drug-likeness (QED) is 0.787. The van der Waals surface area contributed by atoms with Gasteiger partial charge in [-0.3, -0.25) is 0 Å². The van der Waals surface area contributed by atoms with Crippen molar-refractivity contribution in [2.24, 2.45) is 0 Å². The summed E-state index contributed by atoms with van der Waals surface area (Å²) in [4.78, 5) is 0. The third-order valence-corrected chi connectivity index (χ3v) is 2.83. The van der Waals surface area contributed by atoms with Gasteiger partial charge in [-0.05, 0) is 12.1 Å². The fourth-order valence-electron chi connectivity index (χ4n) is 1.99. The molecule has 0 bridgehead atoms. The van der Waals surface area contributed by atoms with Gasteiger partial charge in [0.15, 0.2) is 0 Å². The summed E-state index contributed by atoms with van der Waals surface area (Å²) in [5, 5.41) is 7.69. The van der Waals surface area contributed by atoms with Gasteiger partial charge in [-0.2, -0.15) is 5.10 Å².